The first-order valence-electron chi connectivity index (χ1n) is 12.1. The zero-order valence-electron chi connectivity index (χ0n) is 20.8. The highest BCUT2D eigenvalue weighted by Crippen LogP contribution is 2.38. The van der Waals surface area contributed by atoms with E-state index in [1.165, 1.54) is 49.4 Å². The normalized spacial score (nSPS) is 10.1. The molecule has 0 heteroatoms. The van der Waals surface area contributed by atoms with Gasteiger partial charge in [0.25, 0.3) is 0 Å². The van der Waals surface area contributed by atoms with Gasteiger partial charge in [-0.15, -0.1) is 0 Å². The Morgan fingerprint density at radius 1 is 0.314 bits per heavy atom. The van der Waals surface area contributed by atoms with Crippen LogP contribution in [0.1, 0.15) is 16.7 Å². The number of rotatable bonds is 1. The maximum atomic E-state index is 2.23. The van der Waals surface area contributed by atoms with Crippen LogP contribution in [0.15, 0.2) is 140 Å². The highest BCUT2D eigenvalue weighted by Gasteiger charge is 2.11. The van der Waals surface area contributed by atoms with Gasteiger partial charge in [0.15, 0.2) is 0 Å². The Hall–Kier alpha value is -4.16. The van der Waals surface area contributed by atoms with Gasteiger partial charge in [0.05, 0.1) is 0 Å². The van der Waals surface area contributed by atoms with Crippen LogP contribution in [-0.4, -0.2) is 0 Å². The second-order valence-corrected chi connectivity index (χ2v) is 8.77. The van der Waals surface area contributed by atoms with Gasteiger partial charge in [-0.3, -0.25) is 0 Å². The summed E-state index contributed by atoms with van der Waals surface area (Å²) in [5.74, 6) is 0. The maximum absolute atomic E-state index is 2.23. The summed E-state index contributed by atoms with van der Waals surface area (Å²) in [4.78, 5) is 0. The lowest BCUT2D eigenvalue weighted by Crippen LogP contribution is -1.88. The first-order chi connectivity index (χ1) is 17.1. The fourth-order valence-corrected chi connectivity index (χ4v) is 4.33. The lowest BCUT2D eigenvalue weighted by molar-refractivity contribution is 1.48. The zero-order valence-corrected chi connectivity index (χ0v) is 20.8. The van der Waals surface area contributed by atoms with Crippen LogP contribution in [0.4, 0.5) is 0 Å². The summed E-state index contributed by atoms with van der Waals surface area (Å²) < 4.78 is 0. The average molecular weight is 453 g/mol. The second kappa shape index (κ2) is 11.8. The number of hydrogen-bond acceptors (Lipinski definition) is 0. The van der Waals surface area contributed by atoms with Crippen LogP contribution >= 0.6 is 0 Å². The molecule has 0 heterocycles. The molecule has 6 aromatic rings. The minimum Gasteiger partial charge on any atom is -0.0622 e. The Labute approximate surface area is 209 Å². The monoisotopic (exact) mass is 452 g/mol. The van der Waals surface area contributed by atoms with Gasteiger partial charge in [-0.25, -0.2) is 0 Å². The van der Waals surface area contributed by atoms with Crippen molar-refractivity contribution in [1.29, 1.82) is 0 Å². The van der Waals surface area contributed by atoms with Gasteiger partial charge in [0.1, 0.15) is 0 Å². The Bertz CT molecular complexity index is 1390. The smallest absolute Gasteiger partial charge is 0.00266 e. The van der Waals surface area contributed by atoms with Gasteiger partial charge < -0.3 is 0 Å². The van der Waals surface area contributed by atoms with Crippen molar-refractivity contribution in [1.82, 2.24) is 0 Å². The molecule has 0 amide bonds. The summed E-state index contributed by atoms with van der Waals surface area (Å²) in [6.45, 7) is 6.39. The molecule has 0 aliphatic rings. The molecular weight excluding hydrogens is 420 g/mol. The molecule has 6 aromatic carbocycles. The van der Waals surface area contributed by atoms with Crippen molar-refractivity contribution in [2.45, 2.75) is 20.8 Å². The third kappa shape index (κ3) is 6.05. The Balaban J connectivity index is 0.000000168. The second-order valence-electron chi connectivity index (χ2n) is 8.77. The molecule has 35 heavy (non-hydrogen) atoms. The van der Waals surface area contributed by atoms with E-state index in [1.54, 1.807) is 0 Å². The molecule has 0 aliphatic carbocycles. The highest BCUT2D eigenvalue weighted by atomic mass is 14.1. The molecule has 0 atom stereocenters. The molecule has 0 N–H and O–H groups in total. The fraction of sp³-hybridized carbons (Fsp3) is 0.0857. The first kappa shape index (κ1) is 24.0. The SMILES string of the molecule is Cc1c2ccccc2c(-c2ccccc2)c2ccccc12.Cc1ccccc1.Cc1ccccc1. The van der Waals surface area contributed by atoms with Gasteiger partial charge in [0, 0.05) is 0 Å². The van der Waals surface area contributed by atoms with Crippen LogP contribution in [0.3, 0.4) is 0 Å². The fourth-order valence-electron chi connectivity index (χ4n) is 4.33. The molecule has 0 radical (unpaired) electrons. The van der Waals surface area contributed by atoms with E-state index in [0.29, 0.717) is 0 Å². The van der Waals surface area contributed by atoms with E-state index in [2.05, 4.69) is 124 Å². The molecular formula is C35H32. The van der Waals surface area contributed by atoms with Crippen molar-refractivity contribution in [3.63, 3.8) is 0 Å². The average Bonchev–Trinajstić information content (AvgIpc) is 2.91. The van der Waals surface area contributed by atoms with Crippen LogP contribution in [0.5, 0.6) is 0 Å². The van der Waals surface area contributed by atoms with Crippen molar-refractivity contribution in [3.05, 3.63) is 156 Å². The molecule has 0 spiro atoms. The van der Waals surface area contributed by atoms with Crippen LogP contribution in [0.25, 0.3) is 32.7 Å². The summed E-state index contributed by atoms with van der Waals surface area (Å²) in [5.41, 5.74) is 6.63. The molecule has 0 aliphatic heterocycles. The molecule has 0 saturated carbocycles. The van der Waals surface area contributed by atoms with Crippen molar-refractivity contribution >= 4 is 21.5 Å². The molecule has 0 fully saturated rings. The van der Waals surface area contributed by atoms with Gasteiger partial charge in [-0.1, -0.05) is 151 Å². The standard InChI is InChI=1S/C21H16.2C7H8/c1-15-17-11-5-7-13-19(17)21(16-9-3-2-4-10-16)20-14-8-6-12-18(15)20;2*1-7-5-3-2-4-6-7/h2-14H,1H3;2*2-6H,1H3. The van der Waals surface area contributed by atoms with E-state index in [0.717, 1.165) is 0 Å². The van der Waals surface area contributed by atoms with E-state index in [-0.39, 0.29) is 0 Å². The van der Waals surface area contributed by atoms with Crippen molar-refractivity contribution in [2.24, 2.45) is 0 Å². The topological polar surface area (TPSA) is 0 Å². The van der Waals surface area contributed by atoms with Crippen LogP contribution in [-0.2, 0) is 0 Å². The number of benzene rings is 6. The number of hydrogen-bond donors (Lipinski definition) is 0. The molecule has 0 nitrogen and oxygen atoms in total. The molecule has 0 aromatic heterocycles. The minimum atomic E-state index is 1.28. The van der Waals surface area contributed by atoms with Gasteiger partial charge in [-0.2, -0.15) is 0 Å². The lowest BCUT2D eigenvalue weighted by atomic mass is 9.89. The summed E-state index contributed by atoms with van der Waals surface area (Å²) in [6.07, 6.45) is 0. The Morgan fingerprint density at radius 3 is 0.971 bits per heavy atom. The molecule has 0 bridgehead atoms. The lowest BCUT2D eigenvalue weighted by Gasteiger charge is -2.15. The summed E-state index contributed by atoms with van der Waals surface area (Å²) in [6, 6.07) is 48.6. The first-order valence-corrected chi connectivity index (χ1v) is 12.1. The van der Waals surface area contributed by atoms with Crippen molar-refractivity contribution in [3.8, 4) is 11.1 Å². The van der Waals surface area contributed by atoms with E-state index >= 15 is 0 Å². The molecule has 0 unspecified atom stereocenters. The van der Waals surface area contributed by atoms with Crippen molar-refractivity contribution < 1.29 is 0 Å². The molecule has 6 rings (SSSR count). The van der Waals surface area contributed by atoms with E-state index in [9.17, 15) is 0 Å². The van der Waals surface area contributed by atoms with Crippen LogP contribution in [0.2, 0.25) is 0 Å². The predicted molar refractivity (Wildman–Crippen MR) is 154 cm³/mol. The highest BCUT2D eigenvalue weighted by molar-refractivity contribution is 6.14. The largest absolute Gasteiger partial charge is 0.0622 e. The minimum absolute atomic E-state index is 1.28. The van der Waals surface area contributed by atoms with Crippen LogP contribution < -0.4 is 0 Å². The molecule has 0 saturated heterocycles. The van der Waals surface area contributed by atoms with Crippen molar-refractivity contribution in [2.75, 3.05) is 0 Å². The Kier molecular flexibility index (Phi) is 8.09. The van der Waals surface area contributed by atoms with Gasteiger partial charge in [-0.05, 0) is 59.0 Å². The summed E-state index contributed by atoms with van der Waals surface area (Å²) >= 11 is 0. The Morgan fingerprint density at radius 2 is 0.629 bits per heavy atom. The van der Waals surface area contributed by atoms with E-state index < -0.39 is 0 Å². The third-order valence-electron chi connectivity index (χ3n) is 6.14. The number of fused-ring (bicyclic) bond motifs is 2. The van der Waals surface area contributed by atoms with Gasteiger partial charge in [0.2, 0.25) is 0 Å². The van der Waals surface area contributed by atoms with E-state index in [1.807, 2.05) is 36.4 Å². The third-order valence-corrected chi connectivity index (χ3v) is 6.14. The van der Waals surface area contributed by atoms with E-state index in [4.69, 9.17) is 0 Å². The summed E-state index contributed by atoms with van der Waals surface area (Å²) in [5, 5.41) is 5.35. The molecule has 172 valence electrons. The maximum Gasteiger partial charge on any atom is -0.00266 e. The zero-order chi connectivity index (χ0) is 24.5. The quantitative estimate of drug-likeness (QED) is 0.218. The predicted octanol–water partition coefficient (Wildman–Crippen LogP) is 9.96. The number of aryl methyl sites for hydroxylation is 3. The van der Waals surface area contributed by atoms with Crippen LogP contribution in [0, 0.1) is 20.8 Å². The van der Waals surface area contributed by atoms with Gasteiger partial charge >= 0.3 is 0 Å². The summed E-state index contributed by atoms with van der Waals surface area (Å²) in [7, 11) is 0.